The molecule has 1 aliphatic rings. The average molecular weight is 264 g/mol. The number of hydrogen-bond donors (Lipinski definition) is 1. The lowest BCUT2D eigenvalue weighted by molar-refractivity contribution is 0.139. The highest BCUT2D eigenvalue weighted by Crippen LogP contribution is 2.36. The van der Waals surface area contributed by atoms with E-state index in [9.17, 15) is 5.11 Å². The van der Waals surface area contributed by atoms with Crippen LogP contribution >= 0.6 is 11.3 Å². The number of aliphatic hydroxyl groups excluding tert-OH is 1. The highest BCUT2D eigenvalue weighted by Gasteiger charge is 2.24. The first kappa shape index (κ1) is 12.2. The molecule has 1 N–H and O–H groups in total. The smallest absolute Gasteiger partial charge is 0.120 e. The van der Waals surface area contributed by atoms with Crippen LogP contribution in [0.1, 0.15) is 55.7 Å². The van der Waals surface area contributed by atoms with Crippen LogP contribution < -0.4 is 0 Å². The van der Waals surface area contributed by atoms with Gasteiger partial charge in [0.1, 0.15) is 11.2 Å². The van der Waals surface area contributed by atoms with Crippen molar-refractivity contribution in [1.82, 2.24) is 9.38 Å². The summed E-state index contributed by atoms with van der Waals surface area (Å²) in [5.41, 5.74) is 1.09. The number of aliphatic hydroxyl groups is 1. The fourth-order valence-corrected chi connectivity index (χ4v) is 4.22. The highest BCUT2D eigenvalue weighted by atomic mass is 32.1. The number of thiazole rings is 1. The van der Waals surface area contributed by atoms with E-state index < -0.39 is 0 Å². The maximum Gasteiger partial charge on any atom is 0.120 e. The van der Waals surface area contributed by atoms with Gasteiger partial charge in [0.05, 0.1) is 18.0 Å². The van der Waals surface area contributed by atoms with E-state index in [0.717, 1.165) is 23.4 Å². The largest absolute Gasteiger partial charge is 0.387 e. The van der Waals surface area contributed by atoms with Crippen LogP contribution in [0.15, 0.2) is 12.5 Å². The summed E-state index contributed by atoms with van der Waals surface area (Å²) in [7, 11) is 0. The van der Waals surface area contributed by atoms with Gasteiger partial charge in [0, 0.05) is 4.88 Å². The fraction of sp³-hybridized carbons (Fsp3) is 0.643. The Hall–Kier alpha value is -0.870. The third kappa shape index (κ3) is 2.08. The van der Waals surface area contributed by atoms with Crippen LogP contribution in [-0.4, -0.2) is 14.5 Å². The van der Waals surface area contributed by atoms with Gasteiger partial charge in [-0.3, -0.25) is 4.40 Å². The minimum atomic E-state index is -0.328. The molecule has 0 saturated heterocycles. The summed E-state index contributed by atoms with van der Waals surface area (Å²) in [6.07, 6.45) is 10.5. The minimum Gasteiger partial charge on any atom is -0.387 e. The summed E-state index contributed by atoms with van der Waals surface area (Å²) in [5.74, 6) is 0.711. The van der Waals surface area contributed by atoms with Crippen molar-refractivity contribution in [3.8, 4) is 0 Å². The van der Waals surface area contributed by atoms with E-state index in [1.165, 1.54) is 30.6 Å². The van der Waals surface area contributed by atoms with Crippen molar-refractivity contribution < 1.29 is 5.11 Å². The molecule has 1 unspecified atom stereocenters. The molecular weight excluding hydrogens is 244 g/mol. The second kappa shape index (κ2) is 5.02. The third-order valence-corrected chi connectivity index (χ3v) is 5.30. The van der Waals surface area contributed by atoms with Gasteiger partial charge in [0.25, 0.3) is 0 Å². The summed E-state index contributed by atoms with van der Waals surface area (Å²) in [6.45, 7) is 2.16. The van der Waals surface area contributed by atoms with Crippen LogP contribution in [0, 0.1) is 5.92 Å². The first-order valence-electron chi connectivity index (χ1n) is 6.91. The van der Waals surface area contributed by atoms with Gasteiger partial charge >= 0.3 is 0 Å². The number of hydrogen-bond acceptors (Lipinski definition) is 3. The van der Waals surface area contributed by atoms with Gasteiger partial charge in [-0.25, -0.2) is 4.98 Å². The normalized spacial score (nSPS) is 18.8. The van der Waals surface area contributed by atoms with E-state index in [4.69, 9.17) is 0 Å². The quantitative estimate of drug-likeness (QED) is 0.916. The average Bonchev–Trinajstić information content (AvgIpc) is 3.02. The molecule has 3 rings (SSSR count). The lowest BCUT2D eigenvalue weighted by atomic mass is 9.97. The second-order valence-electron chi connectivity index (χ2n) is 5.27. The number of nitrogens with zero attached hydrogens (tertiary/aromatic N) is 2. The monoisotopic (exact) mass is 264 g/mol. The molecule has 2 aromatic rings. The van der Waals surface area contributed by atoms with Crippen LogP contribution in [-0.2, 0) is 6.42 Å². The zero-order valence-electron chi connectivity index (χ0n) is 10.8. The molecule has 1 saturated carbocycles. The molecule has 18 heavy (non-hydrogen) atoms. The van der Waals surface area contributed by atoms with Crippen molar-refractivity contribution in [2.45, 2.75) is 51.6 Å². The molecule has 0 radical (unpaired) electrons. The SMILES string of the molecule is CCc1sc2cncn2c1C(O)CC1CCCC1. The molecule has 1 atom stereocenters. The lowest BCUT2D eigenvalue weighted by Crippen LogP contribution is -2.08. The molecule has 98 valence electrons. The molecule has 0 spiro atoms. The van der Waals surface area contributed by atoms with Crippen LogP contribution in [0.2, 0.25) is 0 Å². The van der Waals surface area contributed by atoms with Gasteiger partial charge < -0.3 is 5.11 Å². The Morgan fingerprint density at radius 1 is 1.50 bits per heavy atom. The van der Waals surface area contributed by atoms with Gasteiger partial charge in [-0.05, 0) is 18.8 Å². The van der Waals surface area contributed by atoms with Gasteiger partial charge in [0.2, 0.25) is 0 Å². The Morgan fingerprint density at radius 2 is 2.28 bits per heavy atom. The summed E-state index contributed by atoms with van der Waals surface area (Å²) < 4.78 is 2.07. The fourth-order valence-electron chi connectivity index (χ4n) is 3.13. The van der Waals surface area contributed by atoms with Gasteiger partial charge in [-0.15, -0.1) is 11.3 Å². The zero-order chi connectivity index (χ0) is 12.5. The highest BCUT2D eigenvalue weighted by molar-refractivity contribution is 7.17. The van der Waals surface area contributed by atoms with Crippen LogP contribution in [0.3, 0.4) is 0 Å². The molecule has 4 heteroatoms. The molecule has 1 fully saturated rings. The van der Waals surface area contributed by atoms with E-state index in [1.807, 2.05) is 12.5 Å². The second-order valence-corrected chi connectivity index (χ2v) is 6.38. The topological polar surface area (TPSA) is 37.5 Å². The number of imidazole rings is 1. The lowest BCUT2D eigenvalue weighted by Gasteiger charge is -2.16. The minimum absolute atomic E-state index is 0.328. The maximum absolute atomic E-state index is 10.6. The molecule has 1 aliphatic carbocycles. The molecule has 0 aromatic carbocycles. The molecule has 0 aliphatic heterocycles. The van der Waals surface area contributed by atoms with Crippen molar-refractivity contribution >= 4 is 16.2 Å². The predicted octanol–water partition coefficient (Wildman–Crippen LogP) is 3.57. The Bertz CT molecular complexity index is 525. The molecule has 0 amide bonds. The maximum atomic E-state index is 10.6. The molecule has 2 heterocycles. The van der Waals surface area contributed by atoms with Gasteiger partial charge in [0.15, 0.2) is 0 Å². The molecule has 3 nitrogen and oxygen atoms in total. The first-order chi connectivity index (χ1) is 8.79. The van der Waals surface area contributed by atoms with Crippen molar-refractivity contribution in [1.29, 1.82) is 0 Å². The van der Waals surface area contributed by atoms with Crippen LogP contribution in [0.25, 0.3) is 4.83 Å². The van der Waals surface area contributed by atoms with E-state index >= 15 is 0 Å². The Balaban J connectivity index is 1.88. The van der Waals surface area contributed by atoms with Gasteiger partial charge in [-0.1, -0.05) is 32.6 Å². The summed E-state index contributed by atoms with van der Waals surface area (Å²) in [5, 5.41) is 10.6. The zero-order valence-corrected chi connectivity index (χ0v) is 11.6. The Morgan fingerprint density at radius 3 is 3.00 bits per heavy atom. The first-order valence-corrected chi connectivity index (χ1v) is 7.73. The van der Waals surface area contributed by atoms with Crippen molar-refractivity contribution in [2.75, 3.05) is 0 Å². The summed E-state index contributed by atoms with van der Waals surface area (Å²) in [4.78, 5) is 6.62. The molecule has 2 aromatic heterocycles. The Labute approximate surface area is 111 Å². The number of aromatic nitrogens is 2. The Kier molecular flexibility index (Phi) is 3.39. The van der Waals surface area contributed by atoms with Crippen molar-refractivity contribution in [2.24, 2.45) is 5.92 Å². The van der Waals surface area contributed by atoms with E-state index in [0.29, 0.717) is 5.92 Å². The standard InChI is InChI=1S/C14H20N2OS/c1-2-12-14(16-9-15-8-13(16)18-12)11(17)7-10-5-3-4-6-10/h8-11,17H,2-7H2,1H3. The summed E-state index contributed by atoms with van der Waals surface area (Å²) in [6, 6.07) is 0. The van der Waals surface area contributed by atoms with Crippen LogP contribution in [0.5, 0.6) is 0 Å². The van der Waals surface area contributed by atoms with Crippen molar-refractivity contribution in [3.63, 3.8) is 0 Å². The molecule has 0 bridgehead atoms. The summed E-state index contributed by atoms with van der Waals surface area (Å²) >= 11 is 1.76. The van der Waals surface area contributed by atoms with E-state index in [2.05, 4.69) is 16.3 Å². The molecular formula is C14H20N2OS. The van der Waals surface area contributed by atoms with Crippen LogP contribution in [0.4, 0.5) is 0 Å². The predicted molar refractivity (Wildman–Crippen MR) is 74.0 cm³/mol. The van der Waals surface area contributed by atoms with Gasteiger partial charge in [-0.2, -0.15) is 0 Å². The van der Waals surface area contributed by atoms with Crippen molar-refractivity contribution in [3.05, 3.63) is 23.1 Å². The van der Waals surface area contributed by atoms with E-state index in [1.54, 1.807) is 11.3 Å². The number of rotatable bonds is 4. The number of aryl methyl sites for hydroxylation is 1. The van der Waals surface area contributed by atoms with E-state index in [-0.39, 0.29) is 6.10 Å². The number of fused-ring (bicyclic) bond motifs is 1. The third-order valence-electron chi connectivity index (χ3n) is 4.05.